The Labute approximate surface area is 120 Å². The van der Waals surface area contributed by atoms with Crippen LogP contribution in [0.25, 0.3) is 0 Å². The fourth-order valence-electron chi connectivity index (χ4n) is 1.46. The lowest BCUT2D eigenvalue weighted by atomic mass is 9.98. The molecule has 0 N–H and O–H groups in total. The van der Waals surface area contributed by atoms with E-state index in [2.05, 4.69) is 26.5 Å². The van der Waals surface area contributed by atoms with Gasteiger partial charge in [-0.25, -0.2) is 0 Å². The molecule has 0 saturated heterocycles. The lowest BCUT2D eigenvalue weighted by Crippen LogP contribution is -2.23. The summed E-state index contributed by atoms with van der Waals surface area (Å²) in [6.45, 7) is 4.76. The smallest absolute Gasteiger partial charge is 0.203 e. The van der Waals surface area contributed by atoms with Crippen molar-refractivity contribution in [1.29, 1.82) is 0 Å². The van der Waals surface area contributed by atoms with Crippen LogP contribution in [0.1, 0.15) is 13.8 Å². The van der Waals surface area contributed by atoms with Crippen LogP contribution in [0.3, 0.4) is 0 Å². The molecule has 0 atom stereocenters. The number of methoxy groups -OCH3 is 3. The van der Waals surface area contributed by atoms with E-state index in [4.69, 9.17) is 18.9 Å². The molecule has 0 aliphatic rings. The van der Waals surface area contributed by atoms with E-state index in [-0.39, 0.29) is 5.41 Å². The first-order valence-corrected chi connectivity index (χ1v) is 6.64. The van der Waals surface area contributed by atoms with E-state index in [1.807, 2.05) is 0 Å². The van der Waals surface area contributed by atoms with Crippen molar-refractivity contribution < 1.29 is 18.9 Å². The van der Waals surface area contributed by atoms with E-state index >= 15 is 0 Å². The van der Waals surface area contributed by atoms with Gasteiger partial charge in [0.15, 0.2) is 11.5 Å². The second-order valence-corrected chi connectivity index (χ2v) is 5.29. The highest BCUT2D eigenvalue weighted by Gasteiger charge is 2.19. The number of hydrogen-bond donors (Lipinski definition) is 1. The van der Waals surface area contributed by atoms with Gasteiger partial charge in [-0.1, -0.05) is 13.8 Å². The van der Waals surface area contributed by atoms with Gasteiger partial charge in [0.05, 0.1) is 27.9 Å². The van der Waals surface area contributed by atoms with Crippen molar-refractivity contribution in [3.05, 3.63) is 12.1 Å². The van der Waals surface area contributed by atoms with E-state index in [0.717, 1.165) is 5.75 Å². The zero-order valence-electron chi connectivity index (χ0n) is 12.1. The summed E-state index contributed by atoms with van der Waals surface area (Å²) in [6, 6.07) is 3.58. The van der Waals surface area contributed by atoms with Crippen molar-refractivity contribution in [2.75, 3.05) is 33.7 Å². The monoisotopic (exact) mass is 286 g/mol. The maximum absolute atomic E-state index is 5.78. The average Bonchev–Trinajstić information content (AvgIpc) is 2.43. The number of benzene rings is 1. The third-order valence-electron chi connectivity index (χ3n) is 2.70. The summed E-state index contributed by atoms with van der Waals surface area (Å²) in [7, 11) is 4.74. The molecule has 4 nitrogen and oxygen atoms in total. The Bertz CT molecular complexity index is 393. The van der Waals surface area contributed by atoms with Gasteiger partial charge in [0.2, 0.25) is 5.75 Å². The number of thiol groups is 1. The third-order valence-corrected chi connectivity index (χ3v) is 3.55. The molecule has 0 bridgehead atoms. The molecule has 19 heavy (non-hydrogen) atoms. The molecule has 0 heterocycles. The molecule has 5 heteroatoms. The van der Waals surface area contributed by atoms with Crippen molar-refractivity contribution in [2.24, 2.45) is 5.41 Å². The van der Waals surface area contributed by atoms with Crippen molar-refractivity contribution in [3.8, 4) is 23.0 Å². The number of rotatable bonds is 7. The van der Waals surface area contributed by atoms with E-state index < -0.39 is 0 Å². The van der Waals surface area contributed by atoms with Crippen LogP contribution in [0.4, 0.5) is 0 Å². The first-order chi connectivity index (χ1) is 8.97. The SMILES string of the molecule is COc1cc(OCC(C)(C)CS)cc(OC)c1OC. The molecule has 0 amide bonds. The Balaban J connectivity index is 2.97. The second-order valence-electron chi connectivity index (χ2n) is 4.97. The summed E-state index contributed by atoms with van der Waals surface area (Å²) in [4.78, 5) is 0. The summed E-state index contributed by atoms with van der Waals surface area (Å²) in [5, 5.41) is 0. The average molecular weight is 286 g/mol. The maximum atomic E-state index is 5.78. The standard InChI is InChI=1S/C14H22O4S/c1-14(2,9-19)8-18-10-6-11(15-3)13(17-5)12(7-10)16-4/h6-7,19H,8-9H2,1-5H3. The zero-order chi connectivity index (χ0) is 14.5. The van der Waals surface area contributed by atoms with E-state index in [9.17, 15) is 0 Å². The van der Waals surface area contributed by atoms with Crippen molar-refractivity contribution in [1.82, 2.24) is 0 Å². The molecule has 0 aliphatic heterocycles. The summed E-state index contributed by atoms with van der Waals surface area (Å²) in [5.41, 5.74) is 0.00348. The topological polar surface area (TPSA) is 36.9 Å². The van der Waals surface area contributed by atoms with Gasteiger partial charge in [-0.3, -0.25) is 0 Å². The predicted octanol–water partition coefficient (Wildman–Crippen LogP) is 3.05. The molecule has 1 aromatic rings. The number of hydrogen-bond acceptors (Lipinski definition) is 5. The largest absolute Gasteiger partial charge is 0.493 e. The minimum atomic E-state index is 0.00348. The van der Waals surface area contributed by atoms with Crippen molar-refractivity contribution in [3.63, 3.8) is 0 Å². The van der Waals surface area contributed by atoms with E-state index in [1.165, 1.54) is 0 Å². The van der Waals surface area contributed by atoms with Crippen LogP contribution in [0, 0.1) is 5.41 Å². The second kappa shape index (κ2) is 6.80. The molecule has 0 saturated carbocycles. The zero-order valence-corrected chi connectivity index (χ0v) is 13.0. The first-order valence-electron chi connectivity index (χ1n) is 6.01. The quantitative estimate of drug-likeness (QED) is 0.782. The van der Waals surface area contributed by atoms with Gasteiger partial charge in [0.1, 0.15) is 5.75 Å². The predicted molar refractivity (Wildman–Crippen MR) is 79.2 cm³/mol. The van der Waals surface area contributed by atoms with Crippen LogP contribution < -0.4 is 18.9 Å². The molecule has 0 spiro atoms. The van der Waals surface area contributed by atoms with Crippen molar-refractivity contribution >= 4 is 12.6 Å². The molecule has 1 aromatic carbocycles. The lowest BCUT2D eigenvalue weighted by Gasteiger charge is -2.23. The summed E-state index contributed by atoms with van der Waals surface area (Å²) in [6.07, 6.45) is 0. The van der Waals surface area contributed by atoms with Crippen molar-refractivity contribution in [2.45, 2.75) is 13.8 Å². The first kappa shape index (κ1) is 15.8. The minimum absolute atomic E-state index is 0.00348. The van der Waals surface area contributed by atoms with Crippen LogP contribution in [0.2, 0.25) is 0 Å². The Hall–Kier alpha value is -1.23. The third kappa shape index (κ3) is 4.13. The molecule has 0 unspecified atom stereocenters. The molecule has 0 aromatic heterocycles. The maximum Gasteiger partial charge on any atom is 0.203 e. The summed E-state index contributed by atoms with van der Waals surface area (Å²) < 4.78 is 21.6. The summed E-state index contributed by atoms with van der Waals surface area (Å²) >= 11 is 4.31. The highest BCUT2D eigenvalue weighted by atomic mass is 32.1. The van der Waals surface area contributed by atoms with Gasteiger partial charge in [0.25, 0.3) is 0 Å². The van der Waals surface area contributed by atoms with E-state index in [0.29, 0.717) is 29.6 Å². The highest BCUT2D eigenvalue weighted by molar-refractivity contribution is 7.80. The Morgan fingerprint density at radius 3 is 1.89 bits per heavy atom. The van der Waals surface area contributed by atoms with Gasteiger partial charge in [0, 0.05) is 17.5 Å². The van der Waals surface area contributed by atoms with Gasteiger partial charge < -0.3 is 18.9 Å². The minimum Gasteiger partial charge on any atom is -0.493 e. The van der Waals surface area contributed by atoms with Crippen LogP contribution >= 0.6 is 12.6 Å². The van der Waals surface area contributed by atoms with Gasteiger partial charge >= 0.3 is 0 Å². The van der Waals surface area contributed by atoms with Crippen LogP contribution in [-0.4, -0.2) is 33.7 Å². The highest BCUT2D eigenvalue weighted by Crippen LogP contribution is 2.41. The molecule has 0 aliphatic carbocycles. The fraction of sp³-hybridized carbons (Fsp3) is 0.571. The fourth-order valence-corrected chi connectivity index (χ4v) is 1.56. The lowest BCUT2D eigenvalue weighted by molar-refractivity contribution is 0.200. The Kier molecular flexibility index (Phi) is 5.66. The number of ether oxygens (including phenoxy) is 4. The van der Waals surface area contributed by atoms with Crippen LogP contribution in [0.5, 0.6) is 23.0 Å². The molecular weight excluding hydrogens is 264 g/mol. The molecule has 0 radical (unpaired) electrons. The molecule has 108 valence electrons. The summed E-state index contributed by atoms with van der Waals surface area (Å²) in [5.74, 6) is 3.16. The molecule has 0 fully saturated rings. The van der Waals surface area contributed by atoms with Gasteiger partial charge in [-0.05, 0) is 5.75 Å². The van der Waals surface area contributed by atoms with E-state index in [1.54, 1.807) is 33.5 Å². The molecule has 1 rings (SSSR count). The van der Waals surface area contributed by atoms with Crippen LogP contribution in [-0.2, 0) is 0 Å². The normalized spacial score (nSPS) is 11.1. The van der Waals surface area contributed by atoms with Gasteiger partial charge in [-0.15, -0.1) is 0 Å². The van der Waals surface area contributed by atoms with Crippen LogP contribution in [0.15, 0.2) is 12.1 Å². The van der Waals surface area contributed by atoms with Gasteiger partial charge in [-0.2, -0.15) is 12.6 Å². The Morgan fingerprint density at radius 1 is 1.00 bits per heavy atom. The molecular formula is C14H22O4S. The Morgan fingerprint density at radius 2 is 1.53 bits per heavy atom.